The summed E-state index contributed by atoms with van der Waals surface area (Å²) in [6, 6.07) is 5.04. The van der Waals surface area contributed by atoms with Crippen LogP contribution in [0.2, 0.25) is 10.0 Å². The van der Waals surface area contributed by atoms with Crippen LogP contribution in [0.1, 0.15) is 5.56 Å². The number of nitrogens with one attached hydrogen (secondary N) is 1. The molecule has 0 unspecified atom stereocenters. The van der Waals surface area contributed by atoms with Gasteiger partial charge in [0.15, 0.2) is 5.67 Å². The second kappa shape index (κ2) is 3.12. The summed E-state index contributed by atoms with van der Waals surface area (Å²) in [6.07, 6.45) is 0. The molecule has 0 bridgehead atoms. The van der Waals surface area contributed by atoms with Gasteiger partial charge in [0, 0.05) is 18.7 Å². The van der Waals surface area contributed by atoms with Crippen LogP contribution < -0.4 is 5.32 Å². The molecular weight excluding hydrogens is 212 g/mol. The first-order valence-electron chi connectivity index (χ1n) is 3.98. The number of benzene rings is 1. The summed E-state index contributed by atoms with van der Waals surface area (Å²) in [4.78, 5) is 0. The summed E-state index contributed by atoms with van der Waals surface area (Å²) in [5, 5.41) is 3.60. The highest BCUT2D eigenvalue weighted by Gasteiger charge is 2.40. The molecule has 0 saturated carbocycles. The van der Waals surface area contributed by atoms with Crippen LogP contribution in [-0.2, 0) is 5.67 Å². The first-order chi connectivity index (χ1) is 6.13. The van der Waals surface area contributed by atoms with Crippen LogP contribution in [0.15, 0.2) is 18.2 Å². The summed E-state index contributed by atoms with van der Waals surface area (Å²) in [6.45, 7) is 0.625. The van der Waals surface area contributed by atoms with E-state index in [1.807, 2.05) is 0 Å². The SMILES string of the molecule is FC1(c2cccc(Cl)c2Cl)CNC1. The molecule has 0 aliphatic carbocycles. The molecule has 1 saturated heterocycles. The molecule has 0 radical (unpaired) electrons. The second-order valence-electron chi connectivity index (χ2n) is 3.17. The molecule has 0 aromatic heterocycles. The average molecular weight is 220 g/mol. The molecule has 1 nitrogen and oxygen atoms in total. The number of hydrogen-bond donors (Lipinski definition) is 1. The van der Waals surface area contributed by atoms with Crippen molar-refractivity contribution in [3.63, 3.8) is 0 Å². The van der Waals surface area contributed by atoms with Gasteiger partial charge in [-0.05, 0) is 6.07 Å². The van der Waals surface area contributed by atoms with E-state index in [-0.39, 0.29) is 0 Å². The van der Waals surface area contributed by atoms with Crippen LogP contribution in [-0.4, -0.2) is 13.1 Å². The molecule has 1 N–H and O–H groups in total. The van der Waals surface area contributed by atoms with Gasteiger partial charge in [0.05, 0.1) is 10.0 Å². The molecular formula is C9H8Cl2FN. The topological polar surface area (TPSA) is 12.0 Å². The van der Waals surface area contributed by atoms with Crippen molar-refractivity contribution in [1.29, 1.82) is 0 Å². The largest absolute Gasteiger partial charge is 0.310 e. The van der Waals surface area contributed by atoms with Crippen LogP contribution in [0.4, 0.5) is 4.39 Å². The first kappa shape index (κ1) is 9.25. The van der Waals surface area contributed by atoms with Gasteiger partial charge in [-0.3, -0.25) is 0 Å². The lowest BCUT2D eigenvalue weighted by Gasteiger charge is -2.36. The highest BCUT2D eigenvalue weighted by molar-refractivity contribution is 6.42. The van der Waals surface area contributed by atoms with Gasteiger partial charge in [-0.25, -0.2) is 4.39 Å². The van der Waals surface area contributed by atoms with Gasteiger partial charge in [0.1, 0.15) is 0 Å². The van der Waals surface area contributed by atoms with Crippen LogP contribution >= 0.6 is 23.2 Å². The monoisotopic (exact) mass is 219 g/mol. The lowest BCUT2D eigenvalue weighted by Crippen LogP contribution is -2.53. The summed E-state index contributed by atoms with van der Waals surface area (Å²) < 4.78 is 13.9. The maximum atomic E-state index is 13.9. The Balaban J connectivity index is 2.45. The summed E-state index contributed by atoms with van der Waals surface area (Å²) in [7, 11) is 0. The first-order valence-corrected chi connectivity index (χ1v) is 4.73. The van der Waals surface area contributed by atoms with Crippen LogP contribution in [0, 0.1) is 0 Å². The molecule has 13 heavy (non-hydrogen) atoms. The minimum absolute atomic E-state index is 0.313. The molecule has 1 aromatic rings. The lowest BCUT2D eigenvalue weighted by atomic mass is 9.90. The van der Waals surface area contributed by atoms with Crippen LogP contribution in [0.25, 0.3) is 0 Å². The maximum absolute atomic E-state index is 13.9. The quantitative estimate of drug-likeness (QED) is 0.767. The molecule has 0 atom stereocenters. The van der Waals surface area contributed by atoms with Gasteiger partial charge in [-0.15, -0.1) is 0 Å². The number of rotatable bonds is 1. The zero-order valence-electron chi connectivity index (χ0n) is 6.78. The van der Waals surface area contributed by atoms with Crippen LogP contribution in [0.3, 0.4) is 0 Å². The fraction of sp³-hybridized carbons (Fsp3) is 0.333. The molecule has 1 aliphatic rings. The van der Waals surface area contributed by atoms with Crippen molar-refractivity contribution in [3.05, 3.63) is 33.8 Å². The Morgan fingerprint density at radius 1 is 1.31 bits per heavy atom. The van der Waals surface area contributed by atoms with Crippen molar-refractivity contribution in [2.24, 2.45) is 0 Å². The standard InChI is InChI=1S/C9H8Cl2FN/c10-7-3-1-2-6(8(7)11)9(12)4-13-5-9/h1-3,13H,4-5H2. The van der Waals surface area contributed by atoms with E-state index in [9.17, 15) is 4.39 Å². The van der Waals surface area contributed by atoms with E-state index in [2.05, 4.69) is 5.32 Å². The lowest BCUT2D eigenvalue weighted by molar-refractivity contribution is 0.0893. The Morgan fingerprint density at radius 3 is 2.54 bits per heavy atom. The molecule has 0 amide bonds. The molecule has 2 rings (SSSR count). The Kier molecular flexibility index (Phi) is 2.22. The predicted molar refractivity (Wildman–Crippen MR) is 52.1 cm³/mol. The van der Waals surface area contributed by atoms with Gasteiger partial charge < -0.3 is 5.32 Å². The van der Waals surface area contributed by atoms with Crippen molar-refractivity contribution >= 4 is 23.2 Å². The Morgan fingerprint density at radius 2 is 2.00 bits per heavy atom. The van der Waals surface area contributed by atoms with E-state index in [0.717, 1.165) is 0 Å². The third-order valence-electron chi connectivity index (χ3n) is 2.24. The number of hydrogen-bond acceptors (Lipinski definition) is 1. The van der Waals surface area contributed by atoms with Crippen molar-refractivity contribution in [1.82, 2.24) is 5.32 Å². The highest BCUT2D eigenvalue weighted by Crippen LogP contribution is 2.37. The van der Waals surface area contributed by atoms with E-state index in [0.29, 0.717) is 28.7 Å². The predicted octanol–water partition coefficient (Wildman–Crippen LogP) is 2.76. The molecule has 1 fully saturated rings. The second-order valence-corrected chi connectivity index (χ2v) is 3.96. The van der Waals surface area contributed by atoms with E-state index in [4.69, 9.17) is 23.2 Å². The van der Waals surface area contributed by atoms with Gasteiger partial charge in [0.25, 0.3) is 0 Å². The van der Waals surface area contributed by atoms with Gasteiger partial charge in [0.2, 0.25) is 0 Å². The highest BCUT2D eigenvalue weighted by atomic mass is 35.5. The smallest absolute Gasteiger partial charge is 0.162 e. The summed E-state index contributed by atoms with van der Waals surface area (Å²) in [5.41, 5.74) is -0.845. The summed E-state index contributed by atoms with van der Waals surface area (Å²) >= 11 is 11.7. The van der Waals surface area contributed by atoms with Crippen molar-refractivity contribution in [2.45, 2.75) is 5.67 Å². The van der Waals surface area contributed by atoms with Crippen molar-refractivity contribution < 1.29 is 4.39 Å². The molecule has 1 aromatic carbocycles. The van der Waals surface area contributed by atoms with E-state index >= 15 is 0 Å². The fourth-order valence-electron chi connectivity index (χ4n) is 1.38. The zero-order valence-corrected chi connectivity index (χ0v) is 8.29. The Bertz CT molecular complexity index is 336. The van der Waals surface area contributed by atoms with Crippen molar-refractivity contribution in [2.75, 3.05) is 13.1 Å². The molecule has 0 spiro atoms. The number of alkyl halides is 1. The van der Waals surface area contributed by atoms with E-state index in [1.165, 1.54) is 0 Å². The normalized spacial score (nSPS) is 19.6. The molecule has 70 valence electrons. The maximum Gasteiger partial charge on any atom is 0.162 e. The van der Waals surface area contributed by atoms with Gasteiger partial charge in [-0.1, -0.05) is 35.3 Å². The Hall–Kier alpha value is -0.310. The minimum atomic E-state index is -1.33. The fourth-order valence-corrected chi connectivity index (χ4v) is 1.85. The third kappa shape index (κ3) is 1.43. The molecule has 1 aliphatic heterocycles. The number of halogens is 3. The van der Waals surface area contributed by atoms with E-state index in [1.54, 1.807) is 18.2 Å². The third-order valence-corrected chi connectivity index (χ3v) is 3.06. The van der Waals surface area contributed by atoms with E-state index < -0.39 is 5.67 Å². The Labute approximate surface area is 85.8 Å². The average Bonchev–Trinajstić information content (AvgIpc) is 2.06. The van der Waals surface area contributed by atoms with Crippen LogP contribution in [0.5, 0.6) is 0 Å². The molecule has 1 heterocycles. The van der Waals surface area contributed by atoms with Gasteiger partial charge >= 0.3 is 0 Å². The summed E-state index contributed by atoms with van der Waals surface area (Å²) in [5.74, 6) is 0. The zero-order chi connectivity index (χ0) is 9.47. The van der Waals surface area contributed by atoms with Gasteiger partial charge in [-0.2, -0.15) is 0 Å². The minimum Gasteiger partial charge on any atom is -0.310 e. The molecule has 4 heteroatoms. The van der Waals surface area contributed by atoms with Crippen molar-refractivity contribution in [3.8, 4) is 0 Å².